The minimum Gasteiger partial charge on any atom is -0.356 e. The molecule has 1 saturated heterocycles. The topological polar surface area (TPSA) is 42.1 Å². The molecule has 0 saturated carbocycles. The van der Waals surface area contributed by atoms with Gasteiger partial charge in [0.15, 0.2) is 0 Å². The van der Waals surface area contributed by atoms with Crippen molar-refractivity contribution in [3.8, 4) is 0 Å². The van der Waals surface area contributed by atoms with Gasteiger partial charge in [0.25, 0.3) is 0 Å². The Morgan fingerprint density at radius 2 is 2.07 bits per heavy atom. The first-order valence-electron chi connectivity index (χ1n) is 4.31. The molecule has 0 atom stereocenters. The minimum atomic E-state index is 0. The third-order valence-corrected chi connectivity index (χ3v) is 2.24. The summed E-state index contributed by atoms with van der Waals surface area (Å²) in [6, 6.07) is 3.98. The van der Waals surface area contributed by atoms with E-state index in [9.17, 15) is 0 Å². The molecule has 1 aliphatic rings. The largest absolute Gasteiger partial charge is 0.356 e. The quantitative estimate of drug-likeness (QED) is 0.847. The van der Waals surface area contributed by atoms with Crippen molar-refractivity contribution < 1.29 is 0 Å². The SMILES string of the molecule is Cl.Cl.NCc1cccnc1N1CCC1. The van der Waals surface area contributed by atoms with Crippen LogP contribution in [0.1, 0.15) is 12.0 Å². The van der Waals surface area contributed by atoms with E-state index >= 15 is 0 Å². The zero-order chi connectivity index (χ0) is 8.39. The molecule has 2 heterocycles. The Kier molecular flexibility index (Phi) is 5.84. The average Bonchev–Trinajstić information content (AvgIpc) is 2.02. The number of nitrogens with zero attached hydrogens (tertiary/aromatic N) is 2. The van der Waals surface area contributed by atoms with Crippen molar-refractivity contribution in [1.29, 1.82) is 0 Å². The maximum Gasteiger partial charge on any atom is 0.133 e. The van der Waals surface area contributed by atoms with E-state index in [0.29, 0.717) is 6.54 Å². The number of rotatable bonds is 2. The summed E-state index contributed by atoms with van der Waals surface area (Å²) >= 11 is 0. The molecule has 1 aliphatic heterocycles. The van der Waals surface area contributed by atoms with Crippen LogP contribution in [0.25, 0.3) is 0 Å². The van der Waals surface area contributed by atoms with Crippen molar-refractivity contribution in [3.63, 3.8) is 0 Å². The highest BCUT2D eigenvalue weighted by Crippen LogP contribution is 2.21. The molecule has 80 valence electrons. The molecule has 2 rings (SSSR count). The van der Waals surface area contributed by atoms with Gasteiger partial charge in [-0.1, -0.05) is 6.07 Å². The van der Waals surface area contributed by atoms with E-state index in [2.05, 4.69) is 9.88 Å². The number of hydrogen-bond donors (Lipinski definition) is 1. The normalized spacial score (nSPS) is 13.6. The lowest BCUT2D eigenvalue weighted by molar-refractivity contribution is 0.606. The van der Waals surface area contributed by atoms with Crippen LogP contribution >= 0.6 is 24.8 Å². The zero-order valence-electron chi connectivity index (χ0n) is 7.85. The predicted octanol–water partition coefficient (Wildman–Crippen LogP) is 1.59. The van der Waals surface area contributed by atoms with Gasteiger partial charge >= 0.3 is 0 Å². The molecular weight excluding hydrogens is 221 g/mol. The van der Waals surface area contributed by atoms with Crippen LogP contribution < -0.4 is 10.6 Å². The van der Waals surface area contributed by atoms with Gasteiger partial charge in [0.05, 0.1) is 0 Å². The average molecular weight is 236 g/mol. The first-order chi connectivity index (χ1) is 5.92. The van der Waals surface area contributed by atoms with Gasteiger partial charge in [-0.3, -0.25) is 0 Å². The fraction of sp³-hybridized carbons (Fsp3) is 0.444. The molecule has 1 aromatic heterocycles. The van der Waals surface area contributed by atoms with Crippen LogP contribution in [0, 0.1) is 0 Å². The van der Waals surface area contributed by atoms with Gasteiger partial charge in [-0.2, -0.15) is 0 Å². The highest BCUT2D eigenvalue weighted by Gasteiger charge is 2.17. The molecule has 0 spiro atoms. The van der Waals surface area contributed by atoms with E-state index in [4.69, 9.17) is 5.73 Å². The van der Waals surface area contributed by atoms with Gasteiger partial charge in [-0.05, 0) is 12.5 Å². The summed E-state index contributed by atoms with van der Waals surface area (Å²) in [5, 5.41) is 0. The molecule has 5 heteroatoms. The monoisotopic (exact) mass is 235 g/mol. The van der Waals surface area contributed by atoms with Crippen LogP contribution in [-0.4, -0.2) is 18.1 Å². The first kappa shape index (κ1) is 13.5. The maximum absolute atomic E-state index is 5.60. The second-order valence-electron chi connectivity index (χ2n) is 3.03. The van der Waals surface area contributed by atoms with E-state index in [1.54, 1.807) is 0 Å². The van der Waals surface area contributed by atoms with E-state index < -0.39 is 0 Å². The number of nitrogens with two attached hydrogens (primary N) is 1. The van der Waals surface area contributed by atoms with Gasteiger partial charge in [-0.25, -0.2) is 4.98 Å². The predicted molar refractivity (Wildman–Crippen MR) is 63.5 cm³/mol. The van der Waals surface area contributed by atoms with Gasteiger partial charge in [-0.15, -0.1) is 24.8 Å². The Bertz CT molecular complexity index is 277. The number of anilines is 1. The van der Waals surface area contributed by atoms with Crippen molar-refractivity contribution in [2.45, 2.75) is 13.0 Å². The van der Waals surface area contributed by atoms with Crippen molar-refractivity contribution in [1.82, 2.24) is 4.98 Å². The Morgan fingerprint density at radius 3 is 2.57 bits per heavy atom. The van der Waals surface area contributed by atoms with E-state index in [0.717, 1.165) is 24.5 Å². The minimum absolute atomic E-state index is 0. The fourth-order valence-electron chi connectivity index (χ4n) is 1.40. The molecule has 1 fully saturated rings. The Balaban J connectivity index is 0.000000845. The number of halogens is 2. The second kappa shape index (κ2) is 6.06. The fourth-order valence-corrected chi connectivity index (χ4v) is 1.40. The summed E-state index contributed by atoms with van der Waals surface area (Å²) in [7, 11) is 0. The van der Waals surface area contributed by atoms with Crippen LogP contribution in [0.2, 0.25) is 0 Å². The van der Waals surface area contributed by atoms with Crippen LogP contribution in [-0.2, 0) is 6.54 Å². The molecule has 2 N–H and O–H groups in total. The highest BCUT2D eigenvalue weighted by molar-refractivity contribution is 5.85. The summed E-state index contributed by atoms with van der Waals surface area (Å²) in [6.07, 6.45) is 3.10. The summed E-state index contributed by atoms with van der Waals surface area (Å²) in [5.74, 6) is 1.08. The maximum atomic E-state index is 5.60. The molecule has 0 bridgehead atoms. The lowest BCUT2D eigenvalue weighted by atomic mass is 10.1. The van der Waals surface area contributed by atoms with Crippen molar-refractivity contribution >= 4 is 30.6 Å². The van der Waals surface area contributed by atoms with E-state index in [1.807, 2.05) is 18.3 Å². The molecule has 0 unspecified atom stereocenters. The van der Waals surface area contributed by atoms with Gasteiger partial charge in [0.2, 0.25) is 0 Å². The van der Waals surface area contributed by atoms with E-state index in [-0.39, 0.29) is 24.8 Å². The third-order valence-electron chi connectivity index (χ3n) is 2.24. The second-order valence-corrected chi connectivity index (χ2v) is 3.03. The molecular formula is C9H15Cl2N3. The van der Waals surface area contributed by atoms with Gasteiger partial charge in [0.1, 0.15) is 5.82 Å². The van der Waals surface area contributed by atoms with Gasteiger partial charge < -0.3 is 10.6 Å². The van der Waals surface area contributed by atoms with Crippen molar-refractivity contribution in [2.24, 2.45) is 5.73 Å². The molecule has 1 aromatic rings. The summed E-state index contributed by atoms with van der Waals surface area (Å²) < 4.78 is 0. The number of hydrogen-bond acceptors (Lipinski definition) is 3. The molecule has 0 aromatic carbocycles. The van der Waals surface area contributed by atoms with Crippen LogP contribution in [0.5, 0.6) is 0 Å². The van der Waals surface area contributed by atoms with Crippen LogP contribution in [0.4, 0.5) is 5.82 Å². The lowest BCUT2D eigenvalue weighted by Gasteiger charge is -2.33. The highest BCUT2D eigenvalue weighted by atomic mass is 35.5. The Morgan fingerprint density at radius 1 is 1.36 bits per heavy atom. The summed E-state index contributed by atoms with van der Waals surface area (Å²) in [5.41, 5.74) is 6.75. The summed E-state index contributed by atoms with van der Waals surface area (Å²) in [6.45, 7) is 2.84. The van der Waals surface area contributed by atoms with Gasteiger partial charge in [0, 0.05) is 31.4 Å². The zero-order valence-corrected chi connectivity index (χ0v) is 9.48. The molecule has 14 heavy (non-hydrogen) atoms. The number of aromatic nitrogens is 1. The van der Waals surface area contributed by atoms with Crippen molar-refractivity contribution in [2.75, 3.05) is 18.0 Å². The Hall–Kier alpha value is -0.510. The summed E-state index contributed by atoms with van der Waals surface area (Å²) in [4.78, 5) is 6.58. The lowest BCUT2D eigenvalue weighted by Crippen LogP contribution is -2.38. The molecule has 0 aliphatic carbocycles. The first-order valence-corrected chi connectivity index (χ1v) is 4.31. The van der Waals surface area contributed by atoms with Crippen molar-refractivity contribution in [3.05, 3.63) is 23.9 Å². The molecule has 0 amide bonds. The smallest absolute Gasteiger partial charge is 0.133 e. The van der Waals surface area contributed by atoms with Crippen LogP contribution in [0.15, 0.2) is 18.3 Å². The Labute approximate surface area is 96.5 Å². The molecule has 3 nitrogen and oxygen atoms in total. The van der Waals surface area contributed by atoms with Crippen LogP contribution in [0.3, 0.4) is 0 Å². The third kappa shape index (κ3) is 2.50. The number of pyridine rings is 1. The van der Waals surface area contributed by atoms with E-state index in [1.165, 1.54) is 6.42 Å². The molecule has 0 radical (unpaired) electrons. The standard InChI is InChI=1S/C9H13N3.2ClH/c10-7-8-3-1-4-11-9(8)12-5-2-6-12;;/h1,3-4H,2,5-7,10H2;2*1H.